The zero-order chi connectivity index (χ0) is 19.6. The predicted molar refractivity (Wildman–Crippen MR) is 104 cm³/mol. The molecule has 0 unspecified atom stereocenters. The maximum absolute atomic E-state index is 12.0. The molecule has 0 radical (unpaired) electrons. The van der Waals surface area contributed by atoms with Gasteiger partial charge in [-0.15, -0.1) is 0 Å². The van der Waals surface area contributed by atoms with E-state index in [1.54, 1.807) is 12.3 Å². The summed E-state index contributed by atoms with van der Waals surface area (Å²) < 4.78 is 11.0. The highest BCUT2D eigenvalue weighted by molar-refractivity contribution is 5.97. The monoisotopic (exact) mass is 364 g/mol. The van der Waals surface area contributed by atoms with Gasteiger partial charge in [0.15, 0.2) is 0 Å². The van der Waals surface area contributed by atoms with Crippen LogP contribution in [0.25, 0.3) is 6.08 Å². The first-order chi connectivity index (χ1) is 13.0. The first kappa shape index (κ1) is 20.2. The third-order valence-electron chi connectivity index (χ3n) is 3.96. The highest BCUT2D eigenvalue weighted by atomic mass is 16.5. The Morgan fingerprint density at radius 3 is 2.59 bits per heavy atom. The molecule has 1 aromatic carbocycles. The van der Waals surface area contributed by atoms with Crippen LogP contribution in [0, 0.1) is 25.2 Å². The van der Waals surface area contributed by atoms with E-state index >= 15 is 0 Å². The fourth-order valence-electron chi connectivity index (χ4n) is 2.61. The van der Waals surface area contributed by atoms with Crippen molar-refractivity contribution in [3.63, 3.8) is 0 Å². The van der Waals surface area contributed by atoms with Gasteiger partial charge >= 0.3 is 5.97 Å². The van der Waals surface area contributed by atoms with E-state index in [0.29, 0.717) is 13.2 Å². The lowest BCUT2D eigenvalue weighted by Gasteiger charge is -2.13. The van der Waals surface area contributed by atoms with Crippen molar-refractivity contribution in [3.05, 3.63) is 64.5 Å². The van der Waals surface area contributed by atoms with Crippen LogP contribution in [0.15, 0.2) is 42.1 Å². The van der Waals surface area contributed by atoms with Gasteiger partial charge in [0.05, 0.1) is 12.3 Å². The molecule has 0 spiro atoms. The number of hydrogen-bond donors (Lipinski definition) is 0. The molecule has 0 fully saturated rings. The lowest BCUT2D eigenvalue weighted by atomic mass is 10.0. The standard InChI is InChI=1S/C22H24N2O3/c1-4-5-10-26-22(25)19(14-23)13-18-11-16(2)21(17(3)12-18)27-15-20-8-6-7-9-24-20/h6-9,11-13H,4-5,10,15H2,1-3H3/b19-13+. The summed E-state index contributed by atoms with van der Waals surface area (Å²) in [4.78, 5) is 16.3. The molecule has 0 bridgehead atoms. The maximum Gasteiger partial charge on any atom is 0.348 e. The van der Waals surface area contributed by atoms with Crippen LogP contribution in [0.2, 0.25) is 0 Å². The first-order valence-electron chi connectivity index (χ1n) is 8.98. The van der Waals surface area contributed by atoms with Crippen LogP contribution in [-0.4, -0.2) is 17.6 Å². The zero-order valence-corrected chi connectivity index (χ0v) is 16.0. The molecule has 5 heteroatoms. The number of unbranched alkanes of at least 4 members (excludes halogenated alkanes) is 1. The second kappa shape index (κ2) is 10.1. The molecular weight excluding hydrogens is 340 g/mol. The Labute approximate surface area is 160 Å². The second-order valence-electron chi connectivity index (χ2n) is 6.25. The summed E-state index contributed by atoms with van der Waals surface area (Å²) in [7, 11) is 0. The predicted octanol–water partition coefficient (Wildman–Crippen LogP) is 4.53. The summed E-state index contributed by atoms with van der Waals surface area (Å²) in [6.07, 6.45) is 4.99. The van der Waals surface area contributed by atoms with E-state index in [1.165, 1.54) is 0 Å². The number of aromatic nitrogens is 1. The van der Waals surface area contributed by atoms with Crippen LogP contribution < -0.4 is 4.74 Å². The van der Waals surface area contributed by atoms with E-state index in [1.807, 2.05) is 57.2 Å². The highest BCUT2D eigenvalue weighted by Gasteiger charge is 2.12. The molecule has 2 aromatic rings. The fraction of sp³-hybridized carbons (Fsp3) is 0.318. The summed E-state index contributed by atoms with van der Waals surface area (Å²) in [6.45, 7) is 6.59. The SMILES string of the molecule is CCCCOC(=O)/C(C#N)=C/c1cc(C)c(OCc2ccccn2)c(C)c1. The number of ether oxygens (including phenoxy) is 2. The number of nitrogens with zero attached hydrogens (tertiary/aromatic N) is 2. The van der Waals surface area contributed by atoms with Gasteiger partial charge in [-0.1, -0.05) is 19.4 Å². The molecule has 1 aromatic heterocycles. The van der Waals surface area contributed by atoms with Crippen molar-refractivity contribution in [1.82, 2.24) is 4.98 Å². The molecule has 0 aliphatic heterocycles. The van der Waals surface area contributed by atoms with Crippen molar-refractivity contribution >= 4 is 12.0 Å². The number of carbonyl (C=O) groups is 1. The molecule has 0 N–H and O–H groups in total. The van der Waals surface area contributed by atoms with E-state index in [0.717, 1.165) is 41.0 Å². The number of nitriles is 1. The first-order valence-corrected chi connectivity index (χ1v) is 8.98. The Hall–Kier alpha value is -3.13. The number of carbonyl (C=O) groups excluding carboxylic acids is 1. The van der Waals surface area contributed by atoms with E-state index in [2.05, 4.69) is 4.98 Å². The van der Waals surface area contributed by atoms with Gasteiger partial charge in [0, 0.05) is 6.20 Å². The molecule has 1 heterocycles. The van der Waals surface area contributed by atoms with E-state index in [4.69, 9.17) is 9.47 Å². The van der Waals surface area contributed by atoms with E-state index in [-0.39, 0.29) is 5.57 Å². The van der Waals surface area contributed by atoms with Gasteiger partial charge in [-0.05, 0) is 67.3 Å². The fourth-order valence-corrected chi connectivity index (χ4v) is 2.61. The molecule has 0 saturated carbocycles. The van der Waals surface area contributed by atoms with Crippen molar-refractivity contribution in [2.75, 3.05) is 6.61 Å². The lowest BCUT2D eigenvalue weighted by molar-refractivity contribution is -0.138. The van der Waals surface area contributed by atoms with Crippen LogP contribution in [0.5, 0.6) is 5.75 Å². The Kier molecular flexibility index (Phi) is 7.57. The normalized spacial score (nSPS) is 11.0. The molecule has 0 aliphatic rings. The second-order valence-corrected chi connectivity index (χ2v) is 6.25. The molecular formula is C22H24N2O3. The summed E-state index contributed by atoms with van der Waals surface area (Å²) in [5.41, 5.74) is 3.45. The number of rotatable bonds is 8. The number of pyridine rings is 1. The summed E-state index contributed by atoms with van der Waals surface area (Å²) in [5, 5.41) is 9.27. The Morgan fingerprint density at radius 2 is 2.00 bits per heavy atom. The van der Waals surface area contributed by atoms with Crippen molar-refractivity contribution < 1.29 is 14.3 Å². The molecule has 0 saturated heterocycles. The van der Waals surface area contributed by atoms with E-state index < -0.39 is 5.97 Å². The summed E-state index contributed by atoms with van der Waals surface area (Å²) >= 11 is 0. The highest BCUT2D eigenvalue weighted by Crippen LogP contribution is 2.26. The van der Waals surface area contributed by atoms with Gasteiger partial charge in [0.25, 0.3) is 0 Å². The van der Waals surface area contributed by atoms with Crippen LogP contribution in [0.3, 0.4) is 0 Å². The average Bonchev–Trinajstić information content (AvgIpc) is 2.66. The van der Waals surface area contributed by atoms with Gasteiger partial charge in [-0.2, -0.15) is 5.26 Å². The molecule has 0 aliphatic carbocycles. The molecule has 0 atom stereocenters. The van der Waals surface area contributed by atoms with Crippen molar-refractivity contribution in [1.29, 1.82) is 5.26 Å². The van der Waals surface area contributed by atoms with Crippen LogP contribution in [0.4, 0.5) is 0 Å². The molecule has 2 rings (SSSR count). The third-order valence-corrected chi connectivity index (χ3v) is 3.96. The quantitative estimate of drug-likeness (QED) is 0.298. The van der Waals surface area contributed by atoms with Gasteiger partial charge in [0.2, 0.25) is 0 Å². The minimum Gasteiger partial charge on any atom is -0.487 e. The zero-order valence-electron chi connectivity index (χ0n) is 16.0. The number of aryl methyl sites for hydroxylation is 2. The molecule has 5 nitrogen and oxygen atoms in total. The number of hydrogen-bond acceptors (Lipinski definition) is 5. The topological polar surface area (TPSA) is 72.2 Å². The number of benzene rings is 1. The van der Waals surface area contributed by atoms with Gasteiger partial charge in [-0.25, -0.2) is 4.79 Å². The number of esters is 1. The Balaban J connectivity index is 2.14. The van der Waals surface area contributed by atoms with Crippen LogP contribution in [-0.2, 0) is 16.1 Å². The largest absolute Gasteiger partial charge is 0.487 e. The van der Waals surface area contributed by atoms with Crippen molar-refractivity contribution in [2.45, 2.75) is 40.2 Å². The molecule has 0 amide bonds. The Morgan fingerprint density at radius 1 is 1.26 bits per heavy atom. The van der Waals surface area contributed by atoms with Gasteiger partial charge < -0.3 is 9.47 Å². The average molecular weight is 364 g/mol. The van der Waals surface area contributed by atoms with Gasteiger partial charge in [0.1, 0.15) is 24.0 Å². The Bertz CT molecular complexity index is 829. The van der Waals surface area contributed by atoms with Gasteiger partial charge in [-0.3, -0.25) is 4.98 Å². The van der Waals surface area contributed by atoms with Crippen molar-refractivity contribution in [3.8, 4) is 11.8 Å². The van der Waals surface area contributed by atoms with Crippen LogP contribution in [0.1, 0.15) is 42.1 Å². The maximum atomic E-state index is 12.0. The minimum absolute atomic E-state index is 0.00735. The summed E-state index contributed by atoms with van der Waals surface area (Å²) in [6, 6.07) is 11.4. The lowest BCUT2D eigenvalue weighted by Crippen LogP contribution is -2.08. The molecule has 27 heavy (non-hydrogen) atoms. The smallest absolute Gasteiger partial charge is 0.348 e. The third kappa shape index (κ3) is 5.96. The van der Waals surface area contributed by atoms with Crippen LogP contribution >= 0.6 is 0 Å². The molecule has 140 valence electrons. The van der Waals surface area contributed by atoms with E-state index in [9.17, 15) is 10.1 Å². The summed E-state index contributed by atoms with van der Waals surface area (Å²) in [5.74, 6) is 0.193. The minimum atomic E-state index is -0.586. The van der Waals surface area contributed by atoms with Crippen molar-refractivity contribution in [2.24, 2.45) is 0 Å².